The second-order valence-electron chi connectivity index (χ2n) is 5.91. The minimum absolute atomic E-state index is 0.319. The van der Waals surface area contributed by atoms with E-state index in [1.807, 2.05) is 13.0 Å². The summed E-state index contributed by atoms with van der Waals surface area (Å²) in [7, 11) is 0. The van der Waals surface area contributed by atoms with E-state index in [-0.39, 0.29) is 5.82 Å². The number of rotatable bonds is 5. The number of nitrogens with one attached hydrogen (secondary N) is 2. The van der Waals surface area contributed by atoms with Gasteiger partial charge in [0, 0.05) is 17.4 Å². The van der Waals surface area contributed by atoms with Crippen LogP contribution in [-0.4, -0.2) is 9.97 Å². The quantitative estimate of drug-likeness (QED) is 0.665. The summed E-state index contributed by atoms with van der Waals surface area (Å²) in [4.78, 5) is 8.94. The van der Waals surface area contributed by atoms with Crippen LogP contribution in [0.1, 0.15) is 23.7 Å². The van der Waals surface area contributed by atoms with Gasteiger partial charge in [0.05, 0.1) is 5.69 Å². The van der Waals surface area contributed by atoms with E-state index in [1.165, 1.54) is 11.6 Å². The Morgan fingerprint density at radius 1 is 0.960 bits per heavy atom. The second-order valence-corrected chi connectivity index (χ2v) is 5.91. The van der Waals surface area contributed by atoms with Crippen molar-refractivity contribution in [2.75, 3.05) is 10.6 Å². The summed E-state index contributed by atoms with van der Waals surface area (Å²) in [6.07, 6.45) is 0.913. The molecule has 4 nitrogen and oxygen atoms in total. The minimum Gasteiger partial charge on any atom is -0.338 e. The average Bonchev–Trinajstić information content (AvgIpc) is 2.58. The van der Waals surface area contributed by atoms with Crippen molar-refractivity contribution in [2.45, 2.75) is 27.2 Å². The molecule has 1 aromatic heterocycles. The molecule has 0 saturated carbocycles. The molecule has 5 heteroatoms. The third kappa shape index (κ3) is 3.94. The number of aromatic nitrogens is 2. The standard InChI is InChI=1S/C20H21FN4/c1-4-15-9-7-8-13(2)19(15)25-20-22-14(3)12-18(24-20)23-17-11-6-5-10-16(17)21/h5-12H,4H2,1-3H3,(H2,22,23,24,25). The van der Waals surface area contributed by atoms with Crippen LogP contribution < -0.4 is 10.6 Å². The molecule has 0 radical (unpaired) electrons. The first-order valence-corrected chi connectivity index (χ1v) is 8.29. The van der Waals surface area contributed by atoms with Gasteiger partial charge in [0.1, 0.15) is 11.6 Å². The highest BCUT2D eigenvalue weighted by Crippen LogP contribution is 2.25. The van der Waals surface area contributed by atoms with Gasteiger partial charge in [-0.05, 0) is 43.5 Å². The van der Waals surface area contributed by atoms with E-state index in [4.69, 9.17) is 0 Å². The number of benzene rings is 2. The molecule has 2 N–H and O–H groups in total. The Kier molecular flexibility index (Phi) is 4.93. The van der Waals surface area contributed by atoms with E-state index in [9.17, 15) is 4.39 Å². The van der Waals surface area contributed by atoms with Crippen molar-refractivity contribution in [3.8, 4) is 0 Å². The van der Waals surface area contributed by atoms with Crippen molar-refractivity contribution in [1.82, 2.24) is 9.97 Å². The molecule has 128 valence electrons. The largest absolute Gasteiger partial charge is 0.338 e. The summed E-state index contributed by atoms with van der Waals surface area (Å²) >= 11 is 0. The molecule has 0 fully saturated rings. The first kappa shape index (κ1) is 16.9. The molecule has 0 saturated heterocycles. The number of nitrogens with zero attached hydrogens (tertiary/aromatic N) is 2. The maximum atomic E-state index is 13.9. The Bertz CT molecular complexity index is 893. The van der Waals surface area contributed by atoms with E-state index in [1.54, 1.807) is 24.3 Å². The first-order valence-electron chi connectivity index (χ1n) is 8.29. The Balaban J connectivity index is 1.91. The topological polar surface area (TPSA) is 49.8 Å². The SMILES string of the molecule is CCc1cccc(C)c1Nc1nc(C)cc(Nc2ccccc2F)n1. The van der Waals surface area contributed by atoms with Gasteiger partial charge in [-0.25, -0.2) is 9.37 Å². The molecule has 0 atom stereocenters. The normalized spacial score (nSPS) is 10.6. The number of anilines is 4. The lowest BCUT2D eigenvalue weighted by Gasteiger charge is -2.14. The van der Waals surface area contributed by atoms with E-state index < -0.39 is 0 Å². The molecule has 3 rings (SSSR count). The minimum atomic E-state index is -0.319. The van der Waals surface area contributed by atoms with Gasteiger partial charge in [0.2, 0.25) is 5.95 Å². The van der Waals surface area contributed by atoms with E-state index in [0.717, 1.165) is 23.4 Å². The zero-order chi connectivity index (χ0) is 17.8. The van der Waals surface area contributed by atoms with E-state index in [2.05, 4.69) is 46.6 Å². The van der Waals surface area contributed by atoms with Crippen LogP contribution in [0.4, 0.5) is 27.5 Å². The molecule has 3 aromatic rings. The fourth-order valence-corrected chi connectivity index (χ4v) is 2.70. The zero-order valence-electron chi connectivity index (χ0n) is 14.6. The fourth-order valence-electron chi connectivity index (χ4n) is 2.70. The summed E-state index contributed by atoms with van der Waals surface area (Å²) in [5.74, 6) is 0.718. The van der Waals surface area contributed by atoms with Gasteiger partial charge in [-0.2, -0.15) is 4.98 Å². The molecule has 0 spiro atoms. The van der Waals surface area contributed by atoms with Crippen molar-refractivity contribution in [3.63, 3.8) is 0 Å². The lowest BCUT2D eigenvalue weighted by molar-refractivity contribution is 0.632. The third-order valence-corrected chi connectivity index (χ3v) is 3.97. The molecular weight excluding hydrogens is 315 g/mol. The summed E-state index contributed by atoms with van der Waals surface area (Å²) < 4.78 is 13.9. The molecule has 2 aromatic carbocycles. The van der Waals surface area contributed by atoms with E-state index in [0.29, 0.717) is 17.5 Å². The predicted octanol–water partition coefficient (Wildman–Crippen LogP) is 5.28. The number of aryl methyl sites for hydroxylation is 3. The molecule has 25 heavy (non-hydrogen) atoms. The predicted molar refractivity (Wildman–Crippen MR) is 100 cm³/mol. The molecule has 0 aliphatic heterocycles. The summed E-state index contributed by atoms with van der Waals surface area (Å²) in [5, 5.41) is 6.33. The number of hydrogen-bond donors (Lipinski definition) is 2. The lowest BCUT2D eigenvalue weighted by atomic mass is 10.1. The van der Waals surface area contributed by atoms with Crippen LogP contribution in [0.3, 0.4) is 0 Å². The second kappa shape index (κ2) is 7.30. The highest BCUT2D eigenvalue weighted by Gasteiger charge is 2.09. The fraction of sp³-hybridized carbons (Fsp3) is 0.200. The van der Waals surface area contributed by atoms with E-state index >= 15 is 0 Å². The van der Waals surface area contributed by atoms with Crippen molar-refractivity contribution in [3.05, 3.63) is 71.2 Å². The third-order valence-electron chi connectivity index (χ3n) is 3.97. The van der Waals surface area contributed by atoms with Crippen LogP contribution in [0.2, 0.25) is 0 Å². The Hall–Kier alpha value is -2.95. The number of halogens is 1. The average molecular weight is 336 g/mol. The first-order chi connectivity index (χ1) is 12.1. The number of para-hydroxylation sites is 2. The Morgan fingerprint density at radius 3 is 2.52 bits per heavy atom. The van der Waals surface area contributed by atoms with Crippen molar-refractivity contribution in [2.24, 2.45) is 0 Å². The van der Waals surface area contributed by atoms with Crippen molar-refractivity contribution in [1.29, 1.82) is 0 Å². The zero-order valence-corrected chi connectivity index (χ0v) is 14.6. The van der Waals surface area contributed by atoms with Crippen LogP contribution in [0.5, 0.6) is 0 Å². The van der Waals surface area contributed by atoms with Gasteiger partial charge in [0.15, 0.2) is 0 Å². The molecule has 0 amide bonds. The van der Waals surface area contributed by atoms with Gasteiger partial charge in [0.25, 0.3) is 0 Å². The van der Waals surface area contributed by atoms with Gasteiger partial charge in [-0.15, -0.1) is 0 Å². The van der Waals surface area contributed by atoms with Crippen LogP contribution in [0.15, 0.2) is 48.5 Å². The molecule has 0 bridgehead atoms. The maximum absolute atomic E-state index is 13.9. The highest BCUT2D eigenvalue weighted by molar-refractivity contribution is 5.65. The molecule has 1 heterocycles. The van der Waals surface area contributed by atoms with Gasteiger partial charge in [-0.3, -0.25) is 0 Å². The monoisotopic (exact) mass is 336 g/mol. The summed E-state index contributed by atoms with van der Waals surface area (Å²) in [5.41, 5.74) is 4.54. The lowest BCUT2D eigenvalue weighted by Crippen LogP contribution is -2.05. The molecule has 0 aliphatic carbocycles. The van der Waals surface area contributed by atoms with Gasteiger partial charge < -0.3 is 10.6 Å². The summed E-state index contributed by atoms with van der Waals surface area (Å²) in [6, 6.07) is 14.5. The summed E-state index contributed by atoms with van der Waals surface area (Å²) in [6.45, 7) is 6.05. The Labute approximate surface area is 147 Å². The van der Waals surface area contributed by atoms with Crippen LogP contribution >= 0.6 is 0 Å². The molecule has 0 aliphatic rings. The smallest absolute Gasteiger partial charge is 0.229 e. The molecule has 0 unspecified atom stereocenters. The Morgan fingerprint density at radius 2 is 1.76 bits per heavy atom. The van der Waals surface area contributed by atoms with Crippen molar-refractivity contribution >= 4 is 23.1 Å². The van der Waals surface area contributed by atoms with Crippen LogP contribution in [0, 0.1) is 19.7 Å². The molecular formula is C20H21FN4. The van der Waals surface area contributed by atoms with Gasteiger partial charge >= 0.3 is 0 Å². The van der Waals surface area contributed by atoms with Crippen molar-refractivity contribution < 1.29 is 4.39 Å². The van der Waals surface area contributed by atoms with Gasteiger partial charge in [-0.1, -0.05) is 37.3 Å². The number of hydrogen-bond acceptors (Lipinski definition) is 4. The van der Waals surface area contributed by atoms with Crippen LogP contribution in [0.25, 0.3) is 0 Å². The van der Waals surface area contributed by atoms with Crippen LogP contribution in [-0.2, 0) is 6.42 Å². The highest BCUT2D eigenvalue weighted by atomic mass is 19.1. The maximum Gasteiger partial charge on any atom is 0.229 e.